The minimum Gasteiger partial charge on any atom is -0.398 e. The lowest BCUT2D eigenvalue weighted by atomic mass is 10.2. The van der Waals surface area contributed by atoms with Crippen LogP contribution in [0.15, 0.2) is 23.1 Å². The largest absolute Gasteiger partial charge is 0.398 e. The van der Waals surface area contributed by atoms with Gasteiger partial charge in [-0.3, -0.25) is 0 Å². The molecule has 102 valence electrons. The average Bonchev–Trinajstić information content (AvgIpc) is 2.90. The van der Waals surface area contributed by atoms with E-state index in [1.165, 1.54) is 22.5 Å². The Balaban J connectivity index is 2.36. The summed E-state index contributed by atoms with van der Waals surface area (Å²) in [5.74, 6) is 0. The first kappa shape index (κ1) is 13.8. The van der Waals surface area contributed by atoms with Gasteiger partial charge in [-0.05, 0) is 31.0 Å². The number of nitrogen functional groups attached to an aromatic ring is 1. The summed E-state index contributed by atoms with van der Waals surface area (Å²) in [6, 6.07) is 6.29. The molecule has 5 nitrogen and oxygen atoms in total. The standard InChI is InChI=1S/C13H17N3O2S/c1-16(11-4-2-3-5-11)19(17,18)13-7-6-10(9-14)8-12(13)15/h6-8,11H,2-5,15H2,1H3. The fourth-order valence-electron chi connectivity index (χ4n) is 2.47. The van der Waals surface area contributed by atoms with Gasteiger partial charge in [-0.1, -0.05) is 12.8 Å². The zero-order valence-corrected chi connectivity index (χ0v) is 11.7. The highest BCUT2D eigenvalue weighted by atomic mass is 32.2. The average molecular weight is 279 g/mol. The molecule has 2 N–H and O–H groups in total. The molecular weight excluding hydrogens is 262 g/mol. The van der Waals surface area contributed by atoms with Crippen LogP contribution in [0.4, 0.5) is 5.69 Å². The molecule has 0 amide bonds. The number of anilines is 1. The minimum absolute atomic E-state index is 0.0556. The smallest absolute Gasteiger partial charge is 0.245 e. The van der Waals surface area contributed by atoms with Crippen molar-refractivity contribution in [1.29, 1.82) is 5.26 Å². The summed E-state index contributed by atoms with van der Waals surface area (Å²) in [7, 11) is -1.98. The Labute approximate surface area is 113 Å². The fourth-order valence-corrected chi connectivity index (χ4v) is 3.98. The molecule has 6 heteroatoms. The summed E-state index contributed by atoms with van der Waals surface area (Å²) in [6.07, 6.45) is 3.92. The lowest BCUT2D eigenvalue weighted by molar-refractivity contribution is 0.373. The van der Waals surface area contributed by atoms with Gasteiger partial charge in [-0.2, -0.15) is 9.57 Å². The molecule has 0 unspecified atom stereocenters. The van der Waals surface area contributed by atoms with Crippen molar-refractivity contribution >= 4 is 15.7 Å². The Hall–Kier alpha value is -1.58. The molecule has 0 aliphatic heterocycles. The number of hydrogen-bond donors (Lipinski definition) is 1. The monoisotopic (exact) mass is 279 g/mol. The molecule has 0 aromatic heterocycles. The molecule has 1 aliphatic carbocycles. The van der Waals surface area contributed by atoms with E-state index >= 15 is 0 Å². The maximum atomic E-state index is 12.5. The van der Waals surface area contributed by atoms with E-state index in [4.69, 9.17) is 11.0 Å². The third-order valence-corrected chi connectivity index (χ3v) is 5.62. The van der Waals surface area contributed by atoms with Gasteiger partial charge in [0.1, 0.15) is 4.90 Å². The Morgan fingerprint density at radius 3 is 2.53 bits per heavy atom. The van der Waals surface area contributed by atoms with Crippen molar-refractivity contribution in [3.63, 3.8) is 0 Å². The first-order valence-corrected chi connectivity index (χ1v) is 7.68. The Morgan fingerprint density at radius 1 is 1.37 bits per heavy atom. The van der Waals surface area contributed by atoms with Crippen LogP contribution >= 0.6 is 0 Å². The van der Waals surface area contributed by atoms with E-state index < -0.39 is 10.0 Å². The highest BCUT2D eigenvalue weighted by Gasteiger charge is 2.31. The molecule has 1 aromatic carbocycles. The van der Waals surface area contributed by atoms with Gasteiger partial charge >= 0.3 is 0 Å². The quantitative estimate of drug-likeness (QED) is 0.853. The second kappa shape index (κ2) is 5.19. The van der Waals surface area contributed by atoms with Crippen molar-refractivity contribution in [1.82, 2.24) is 4.31 Å². The van der Waals surface area contributed by atoms with Crippen molar-refractivity contribution in [2.75, 3.05) is 12.8 Å². The second-order valence-electron chi connectivity index (χ2n) is 4.82. The van der Waals surface area contributed by atoms with Gasteiger partial charge in [0, 0.05) is 13.1 Å². The molecule has 1 aromatic rings. The van der Waals surface area contributed by atoms with Crippen LogP contribution in [-0.4, -0.2) is 25.8 Å². The maximum Gasteiger partial charge on any atom is 0.245 e. The normalized spacial score (nSPS) is 16.7. The second-order valence-corrected chi connectivity index (χ2v) is 6.79. The van der Waals surface area contributed by atoms with Crippen LogP contribution in [0.5, 0.6) is 0 Å². The predicted molar refractivity (Wildman–Crippen MR) is 72.8 cm³/mol. The van der Waals surface area contributed by atoms with Crippen molar-refractivity contribution in [3.05, 3.63) is 23.8 Å². The third-order valence-electron chi connectivity index (χ3n) is 3.63. The molecule has 1 saturated carbocycles. The van der Waals surface area contributed by atoms with E-state index in [0.717, 1.165) is 25.7 Å². The number of nitrogens with zero attached hydrogens (tertiary/aromatic N) is 2. The van der Waals surface area contributed by atoms with Crippen LogP contribution in [0.3, 0.4) is 0 Å². The Morgan fingerprint density at radius 2 is 2.00 bits per heavy atom. The molecule has 1 fully saturated rings. The van der Waals surface area contributed by atoms with Crippen molar-refractivity contribution < 1.29 is 8.42 Å². The number of hydrogen-bond acceptors (Lipinski definition) is 4. The van der Waals surface area contributed by atoms with E-state index in [1.54, 1.807) is 7.05 Å². The highest BCUT2D eigenvalue weighted by molar-refractivity contribution is 7.89. The lowest BCUT2D eigenvalue weighted by Crippen LogP contribution is -2.35. The minimum atomic E-state index is -3.58. The van der Waals surface area contributed by atoms with Gasteiger partial charge in [0.15, 0.2) is 0 Å². The summed E-state index contributed by atoms with van der Waals surface area (Å²) in [5.41, 5.74) is 6.25. The van der Waals surface area contributed by atoms with Crippen LogP contribution in [0, 0.1) is 11.3 Å². The van der Waals surface area contributed by atoms with Gasteiger partial charge in [0.25, 0.3) is 0 Å². The molecule has 1 aliphatic rings. The van der Waals surface area contributed by atoms with Crippen molar-refractivity contribution in [2.24, 2.45) is 0 Å². The molecule has 0 radical (unpaired) electrons. The Bertz CT molecular complexity index is 613. The van der Waals surface area contributed by atoms with Crippen LogP contribution < -0.4 is 5.73 Å². The molecule has 0 bridgehead atoms. The Kier molecular flexibility index (Phi) is 3.78. The molecule has 0 spiro atoms. The topological polar surface area (TPSA) is 87.2 Å². The first-order valence-electron chi connectivity index (χ1n) is 6.24. The number of sulfonamides is 1. The summed E-state index contributed by atoms with van der Waals surface area (Å²) in [6.45, 7) is 0. The molecule has 19 heavy (non-hydrogen) atoms. The number of rotatable bonds is 3. The van der Waals surface area contributed by atoms with E-state index in [1.807, 2.05) is 6.07 Å². The third kappa shape index (κ3) is 2.57. The fraction of sp³-hybridized carbons (Fsp3) is 0.462. The molecular formula is C13H17N3O2S. The maximum absolute atomic E-state index is 12.5. The van der Waals surface area contributed by atoms with Crippen molar-refractivity contribution in [2.45, 2.75) is 36.6 Å². The molecule has 0 heterocycles. The van der Waals surface area contributed by atoms with E-state index in [9.17, 15) is 8.42 Å². The molecule has 0 saturated heterocycles. The molecule has 2 rings (SSSR count). The zero-order valence-electron chi connectivity index (χ0n) is 10.8. The van der Waals surface area contributed by atoms with Crippen LogP contribution in [-0.2, 0) is 10.0 Å². The number of nitriles is 1. The highest BCUT2D eigenvalue weighted by Crippen LogP contribution is 2.29. The first-order chi connectivity index (χ1) is 8.96. The summed E-state index contributed by atoms with van der Waals surface area (Å²) in [4.78, 5) is 0.0842. The van der Waals surface area contributed by atoms with Gasteiger partial charge in [-0.15, -0.1) is 0 Å². The predicted octanol–water partition coefficient (Wildman–Crippen LogP) is 1.70. The van der Waals surface area contributed by atoms with Gasteiger partial charge in [0.05, 0.1) is 17.3 Å². The van der Waals surface area contributed by atoms with E-state index in [2.05, 4.69) is 0 Å². The van der Waals surface area contributed by atoms with Gasteiger partial charge < -0.3 is 5.73 Å². The van der Waals surface area contributed by atoms with Crippen LogP contribution in [0.2, 0.25) is 0 Å². The number of benzene rings is 1. The van der Waals surface area contributed by atoms with E-state index in [-0.39, 0.29) is 16.6 Å². The number of nitrogens with two attached hydrogens (primary N) is 1. The SMILES string of the molecule is CN(C1CCCC1)S(=O)(=O)c1ccc(C#N)cc1N. The molecule has 0 atom stereocenters. The lowest BCUT2D eigenvalue weighted by Gasteiger charge is -2.24. The summed E-state index contributed by atoms with van der Waals surface area (Å²) in [5, 5.41) is 8.77. The van der Waals surface area contributed by atoms with Crippen molar-refractivity contribution in [3.8, 4) is 6.07 Å². The zero-order chi connectivity index (χ0) is 14.0. The van der Waals surface area contributed by atoms with Gasteiger partial charge in [0.2, 0.25) is 10.0 Å². The summed E-state index contributed by atoms with van der Waals surface area (Å²) < 4.78 is 26.4. The van der Waals surface area contributed by atoms with Gasteiger partial charge in [-0.25, -0.2) is 8.42 Å². The van der Waals surface area contributed by atoms with Crippen LogP contribution in [0.25, 0.3) is 0 Å². The summed E-state index contributed by atoms with van der Waals surface area (Å²) >= 11 is 0. The van der Waals surface area contributed by atoms with E-state index in [0.29, 0.717) is 5.56 Å². The van der Waals surface area contributed by atoms with Crippen LogP contribution in [0.1, 0.15) is 31.2 Å².